The van der Waals surface area contributed by atoms with Gasteiger partial charge >= 0.3 is 12.0 Å². The number of aromatic nitrogens is 2. The summed E-state index contributed by atoms with van der Waals surface area (Å²) in [6, 6.07) is 1.78. The maximum absolute atomic E-state index is 11.0. The third-order valence-electron chi connectivity index (χ3n) is 2.74. The van der Waals surface area contributed by atoms with Crippen molar-refractivity contribution in [3.05, 3.63) is 12.3 Å². The van der Waals surface area contributed by atoms with E-state index in [0.29, 0.717) is 5.88 Å². The molecule has 7 heteroatoms. The lowest BCUT2D eigenvalue weighted by Gasteiger charge is -2.16. The van der Waals surface area contributed by atoms with Gasteiger partial charge in [0.25, 0.3) is 0 Å². The zero-order valence-corrected chi connectivity index (χ0v) is 10.1. The molecule has 1 aromatic rings. The highest BCUT2D eigenvalue weighted by Gasteiger charge is 2.44. The number of aliphatic carboxylic acids is 1. The second-order valence-corrected chi connectivity index (χ2v) is 4.17. The number of hydrogen-bond donors (Lipinski definition) is 1. The van der Waals surface area contributed by atoms with Crippen LogP contribution < -0.4 is 9.47 Å². The van der Waals surface area contributed by atoms with Gasteiger partial charge in [-0.2, -0.15) is 4.98 Å². The van der Waals surface area contributed by atoms with Gasteiger partial charge in [0.1, 0.15) is 6.10 Å². The lowest BCUT2D eigenvalue weighted by Crippen LogP contribution is -2.34. The molecule has 0 unspecified atom stereocenters. The van der Waals surface area contributed by atoms with Crippen molar-refractivity contribution in [2.24, 2.45) is 0 Å². The van der Waals surface area contributed by atoms with Crippen molar-refractivity contribution >= 4 is 5.97 Å². The molecule has 0 saturated carbocycles. The van der Waals surface area contributed by atoms with Gasteiger partial charge in [-0.1, -0.05) is 0 Å². The van der Waals surface area contributed by atoms with Crippen molar-refractivity contribution in [2.75, 3.05) is 13.7 Å². The van der Waals surface area contributed by atoms with Gasteiger partial charge in [-0.15, -0.1) is 0 Å². The summed E-state index contributed by atoms with van der Waals surface area (Å²) in [7, 11) is 1.46. The molecule has 2 heterocycles. The molecule has 0 aliphatic carbocycles. The van der Waals surface area contributed by atoms with Crippen LogP contribution >= 0.6 is 0 Å². The summed E-state index contributed by atoms with van der Waals surface area (Å²) < 4.78 is 15.7. The molecule has 98 valence electrons. The van der Waals surface area contributed by atoms with Crippen LogP contribution in [0.2, 0.25) is 0 Å². The monoisotopic (exact) mass is 254 g/mol. The fourth-order valence-electron chi connectivity index (χ4n) is 1.71. The standard InChI is InChI=1S/C11H14N2O5/c1-11(9(14)15)5-7(6-17-11)18-8-3-4-12-10(13-8)16-2/h3-4,7H,5-6H2,1-2H3,(H,14,15)/t7-,11+/m1/s1. The van der Waals surface area contributed by atoms with Gasteiger partial charge < -0.3 is 19.3 Å². The maximum atomic E-state index is 11.0. The van der Waals surface area contributed by atoms with Gasteiger partial charge in [0.15, 0.2) is 5.60 Å². The average molecular weight is 254 g/mol. The Labute approximate surface area is 104 Å². The van der Waals surface area contributed by atoms with Crippen LogP contribution in [0, 0.1) is 0 Å². The smallest absolute Gasteiger partial charge is 0.335 e. The highest BCUT2D eigenvalue weighted by Crippen LogP contribution is 2.28. The number of nitrogens with zero attached hydrogens (tertiary/aromatic N) is 2. The minimum absolute atomic E-state index is 0.201. The third-order valence-corrected chi connectivity index (χ3v) is 2.74. The lowest BCUT2D eigenvalue weighted by molar-refractivity contribution is -0.157. The first-order valence-corrected chi connectivity index (χ1v) is 5.44. The number of ether oxygens (including phenoxy) is 3. The number of hydrogen-bond acceptors (Lipinski definition) is 6. The molecule has 1 fully saturated rings. The molecule has 0 bridgehead atoms. The minimum atomic E-state index is -1.19. The van der Waals surface area contributed by atoms with Gasteiger partial charge in [0.2, 0.25) is 5.88 Å². The summed E-state index contributed by atoms with van der Waals surface area (Å²) >= 11 is 0. The molecule has 2 atom stereocenters. The molecule has 18 heavy (non-hydrogen) atoms. The SMILES string of the molecule is COc1nccc(O[C@H]2CO[C@](C)(C(=O)O)C2)n1. The van der Waals surface area contributed by atoms with Crippen molar-refractivity contribution in [2.45, 2.75) is 25.0 Å². The second-order valence-electron chi connectivity index (χ2n) is 4.17. The Bertz CT molecular complexity index is 453. The van der Waals surface area contributed by atoms with E-state index in [9.17, 15) is 4.79 Å². The Morgan fingerprint density at radius 3 is 3.06 bits per heavy atom. The predicted molar refractivity (Wildman–Crippen MR) is 59.6 cm³/mol. The Kier molecular flexibility index (Phi) is 3.33. The van der Waals surface area contributed by atoms with Crippen molar-refractivity contribution in [1.82, 2.24) is 9.97 Å². The Hall–Kier alpha value is -1.89. The normalized spacial score (nSPS) is 26.9. The summed E-state index contributed by atoms with van der Waals surface area (Å²) in [5, 5.41) is 9.01. The van der Waals surface area contributed by atoms with Crippen LogP contribution in [0.5, 0.6) is 11.9 Å². The van der Waals surface area contributed by atoms with Crippen LogP contribution in [0.4, 0.5) is 0 Å². The molecule has 2 rings (SSSR count). The van der Waals surface area contributed by atoms with Gasteiger partial charge in [-0.3, -0.25) is 0 Å². The molecule has 0 radical (unpaired) electrons. The van der Waals surface area contributed by atoms with Crippen molar-refractivity contribution in [1.29, 1.82) is 0 Å². The second kappa shape index (κ2) is 4.77. The van der Waals surface area contributed by atoms with Gasteiger partial charge in [-0.25, -0.2) is 9.78 Å². The molecule has 1 aromatic heterocycles. The maximum Gasteiger partial charge on any atom is 0.335 e. The van der Waals surface area contributed by atoms with E-state index in [1.165, 1.54) is 20.2 Å². The zero-order valence-electron chi connectivity index (χ0n) is 10.1. The highest BCUT2D eigenvalue weighted by atomic mass is 16.6. The van der Waals surface area contributed by atoms with E-state index in [-0.39, 0.29) is 25.1 Å². The molecule has 0 amide bonds. The number of rotatable bonds is 4. The van der Waals surface area contributed by atoms with Gasteiger partial charge in [0, 0.05) is 18.7 Å². The molecule has 0 spiro atoms. The van der Waals surface area contributed by atoms with Crippen LogP contribution in [0.25, 0.3) is 0 Å². The summed E-state index contributed by atoms with van der Waals surface area (Å²) in [4.78, 5) is 18.8. The predicted octanol–water partition coefficient (Wildman–Crippen LogP) is 0.496. The summed E-state index contributed by atoms with van der Waals surface area (Å²) in [6.07, 6.45) is 1.44. The summed E-state index contributed by atoms with van der Waals surface area (Å²) in [6.45, 7) is 1.74. The van der Waals surface area contributed by atoms with Crippen LogP contribution in [-0.4, -0.2) is 46.5 Å². The molecule has 1 aliphatic heterocycles. The highest BCUT2D eigenvalue weighted by molar-refractivity contribution is 5.77. The molecule has 7 nitrogen and oxygen atoms in total. The quantitative estimate of drug-likeness (QED) is 0.836. The van der Waals surface area contributed by atoms with Crippen LogP contribution in [-0.2, 0) is 9.53 Å². The van der Waals surface area contributed by atoms with E-state index in [0.717, 1.165) is 0 Å². The minimum Gasteiger partial charge on any atom is -0.479 e. The number of carbonyl (C=O) groups is 1. The third kappa shape index (κ3) is 2.51. The van der Waals surface area contributed by atoms with E-state index >= 15 is 0 Å². The zero-order chi connectivity index (χ0) is 13.2. The fraction of sp³-hybridized carbons (Fsp3) is 0.545. The van der Waals surface area contributed by atoms with Crippen LogP contribution in [0.1, 0.15) is 13.3 Å². The van der Waals surface area contributed by atoms with Crippen molar-refractivity contribution in [3.63, 3.8) is 0 Å². The summed E-state index contributed by atoms with van der Waals surface area (Å²) in [5.41, 5.74) is -1.19. The molecule has 1 N–H and O–H groups in total. The number of carboxylic acids is 1. The van der Waals surface area contributed by atoms with Gasteiger partial charge in [-0.05, 0) is 6.92 Å². The molecule has 1 saturated heterocycles. The molecular weight excluding hydrogens is 240 g/mol. The van der Waals surface area contributed by atoms with Crippen molar-refractivity contribution in [3.8, 4) is 11.9 Å². The number of carboxylic acid groups (broad SMARTS) is 1. The van der Waals surface area contributed by atoms with E-state index < -0.39 is 11.6 Å². The fourth-order valence-corrected chi connectivity index (χ4v) is 1.71. The Morgan fingerprint density at radius 1 is 1.67 bits per heavy atom. The van der Waals surface area contributed by atoms with E-state index in [1.54, 1.807) is 6.07 Å². The molecule has 0 aromatic carbocycles. The first-order valence-electron chi connectivity index (χ1n) is 5.44. The Balaban J connectivity index is 2.01. The average Bonchev–Trinajstić information content (AvgIpc) is 2.72. The van der Waals surface area contributed by atoms with E-state index in [2.05, 4.69) is 9.97 Å². The topological polar surface area (TPSA) is 90.8 Å². The first kappa shape index (κ1) is 12.6. The van der Waals surface area contributed by atoms with Crippen molar-refractivity contribution < 1.29 is 24.1 Å². The van der Waals surface area contributed by atoms with E-state index in [1.807, 2.05) is 0 Å². The summed E-state index contributed by atoms with van der Waals surface area (Å²) in [5.74, 6) is -0.654. The van der Waals surface area contributed by atoms with Crippen LogP contribution in [0.3, 0.4) is 0 Å². The molecular formula is C11H14N2O5. The largest absolute Gasteiger partial charge is 0.479 e. The molecule has 1 aliphatic rings. The first-order chi connectivity index (χ1) is 8.53. The lowest BCUT2D eigenvalue weighted by atomic mass is 10.0. The number of methoxy groups -OCH3 is 1. The Morgan fingerprint density at radius 2 is 2.44 bits per heavy atom. The van der Waals surface area contributed by atoms with Crippen LogP contribution in [0.15, 0.2) is 12.3 Å². The van der Waals surface area contributed by atoms with E-state index in [4.69, 9.17) is 19.3 Å². The van der Waals surface area contributed by atoms with Gasteiger partial charge in [0.05, 0.1) is 13.7 Å².